The molecule has 0 saturated heterocycles. The predicted molar refractivity (Wildman–Crippen MR) is 85.4 cm³/mol. The quantitative estimate of drug-likeness (QED) is 0.783. The third kappa shape index (κ3) is 3.47. The molecule has 0 aliphatic heterocycles. The van der Waals surface area contributed by atoms with Crippen molar-refractivity contribution in [2.24, 2.45) is 0 Å². The molecule has 0 saturated carbocycles. The summed E-state index contributed by atoms with van der Waals surface area (Å²) in [4.78, 5) is 3.94. The number of rotatable bonds is 5. The van der Waals surface area contributed by atoms with Crippen LogP contribution in [0.3, 0.4) is 0 Å². The van der Waals surface area contributed by atoms with Crippen molar-refractivity contribution in [3.8, 4) is 6.07 Å². The minimum atomic E-state index is -0.787. The molecule has 0 spiro atoms. The molecule has 0 unspecified atom stereocenters. The van der Waals surface area contributed by atoms with Crippen LogP contribution in [0.25, 0.3) is 0 Å². The topological polar surface area (TPSA) is 74.7 Å². The lowest BCUT2D eigenvalue weighted by atomic mass is 9.95. The van der Waals surface area contributed by atoms with Crippen LogP contribution in [-0.2, 0) is 6.42 Å². The Hall–Kier alpha value is -3.04. The lowest BCUT2D eigenvalue weighted by molar-refractivity contribution is 0.124. The number of hydrogen-bond acceptors (Lipinski definition) is 4. The van der Waals surface area contributed by atoms with Crippen LogP contribution in [0.1, 0.15) is 22.7 Å². The highest BCUT2D eigenvalue weighted by Crippen LogP contribution is 2.24. The molecular weight excluding hydrogens is 307 g/mol. The summed E-state index contributed by atoms with van der Waals surface area (Å²) in [6.45, 7) is 0. The molecule has 6 heteroatoms. The van der Waals surface area contributed by atoms with Gasteiger partial charge in [0, 0.05) is 6.42 Å². The maximum atomic E-state index is 13.0. The van der Waals surface area contributed by atoms with Crippen molar-refractivity contribution in [1.29, 1.82) is 5.26 Å². The number of nitrogens with zero attached hydrogens (tertiary/aromatic N) is 4. The first-order valence-electron chi connectivity index (χ1n) is 7.44. The zero-order valence-corrected chi connectivity index (χ0v) is 12.7. The molecule has 1 aromatic heterocycles. The Labute approximate surface area is 138 Å². The number of benzene rings is 2. The average Bonchev–Trinajstić information content (AvgIpc) is 3.12. The number of hydrogen-bond donors (Lipinski definition) is 1. The van der Waals surface area contributed by atoms with E-state index in [1.807, 2.05) is 0 Å². The highest BCUT2D eigenvalue weighted by Gasteiger charge is 2.24. The Morgan fingerprint density at radius 3 is 2.42 bits per heavy atom. The third-order valence-corrected chi connectivity index (χ3v) is 3.83. The Bertz CT molecular complexity index is 823. The molecular formula is C18H15FN4O. The van der Waals surface area contributed by atoms with Gasteiger partial charge in [-0.05, 0) is 35.4 Å². The minimum Gasteiger partial charge on any atom is -0.390 e. The summed E-state index contributed by atoms with van der Waals surface area (Å²) in [7, 11) is 0. The fourth-order valence-corrected chi connectivity index (χ4v) is 2.64. The van der Waals surface area contributed by atoms with Gasteiger partial charge in [-0.1, -0.05) is 24.3 Å². The largest absolute Gasteiger partial charge is 0.390 e. The predicted octanol–water partition coefficient (Wildman–Crippen LogP) is 2.48. The molecule has 3 rings (SSSR count). The first-order chi connectivity index (χ1) is 11.7. The molecule has 120 valence electrons. The second-order valence-electron chi connectivity index (χ2n) is 5.45. The van der Waals surface area contributed by atoms with Crippen molar-refractivity contribution in [3.63, 3.8) is 0 Å². The molecule has 0 bridgehead atoms. The molecule has 2 aromatic carbocycles. The zero-order chi connectivity index (χ0) is 16.9. The Morgan fingerprint density at radius 1 is 1.12 bits per heavy atom. The van der Waals surface area contributed by atoms with Gasteiger partial charge in [0.2, 0.25) is 0 Å². The molecule has 1 N–H and O–H groups in total. The van der Waals surface area contributed by atoms with Crippen molar-refractivity contribution < 1.29 is 9.50 Å². The van der Waals surface area contributed by atoms with Gasteiger partial charge in [-0.3, -0.25) is 0 Å². The van der Waals surface area contributed by atoms with E-state index in [4.69, 9.17) is 5.26 Å². The molecule has 0 aliphatic carbocycles. The standard InChI is InChI=1S/C18H15FN4O/c19-16-7-3-13(4-8-16)9-17(24)18(23-12-21-11-22-23)15-5-1-14(10-20)2-6-15/h1-8,11-12,17-18,24H,9H2/t17-,18+/m1/s1. The van der Waals surface area contributed by atoms with Gasteiger partial charge in [-0.25, -0.2) is 14.1 Å². The van der Waals surface area contributed by atoms with Crippen LogP contribution in [0.4, 0.5) is 4.39 Å². The second-order valence-corrected chi connectivity index (χ2v) is 5.45. The lowest BCUT2D eigenvalue weighted by Gasteiger charge is -2.23. The summed E-state index contributed by atoms with van der Waals surface area (Å²) in [6.07, 6.45) is 2.49. The Kier molecular flexibility index (Phi) is 4.64. The lowest BCUT2D eigenvalue weighted by Crippen LogP contribution is -2.27. The first kappa shape index (κ1) is 15.8. The van der Waals surface area contributed by atoms with E-state index in [0.717, 1.165) is 11.1 Å². The van der Waals surface area contributed by atoms with Crippen molar-refractivity contribution >= 4 is 0 Å². The summed E-state index contributed by atoms with van der Waals surface area (Å²) < 4.78 is 14.6. The van der Waals surface area contributed by atoms with E-state index in [2.05, 4.69) is 16.2 Å². The normalized spacial score (nSPS) is 13.2. The van der Waals surface area contributed by atoms with Crippen LogP contribution >= 0.6 is 0 Å². The van der Waals surface area contributed by atoms with E-state index < -0.39 is 12.1 Å². The summed E-state index contributed by atoms with van der Waals surface area (Å²) >= 11 is 0. The van der Waals surface area contributed by atoms with Gasteiger partial charge in [0.15, 0.2) is 0 Å². The van der Waals surface area contributed by atoms with Crippen LogP contribution in [0.15, 0.2) is 61.2 Å². The van der Waals surface area contributed by atoms with E-state index in [9.17, 15) is 9.50 Å². The zero-order valence-electron chi connectivity index (χ0n) is 12.7. The minimum absolute atomic E-state index is 0.312. The van der Waals surface area contributed by atoms with Gasteiger partial charge in [0.25, 0.3) is 0 Å². The van der Waals surface area contributed by atoms with Gasteiger partial charge < -0.3 is 5.11 Å². The third-order valence-electron chi connectivity index (χ3n) is 3.83. The fraction of sp³-hybridized carbons (Fsp3) is 0.167. The molecule has 0 amide bonds. The molecule has 1 heterocycles. The van der Waals surface area contributed by atoms with E-state index in [0.29, 0.717) is 12.0 Å². The van der Waals surface area contributed by atoms with Crippen LogP contribution in [0.2, 0.25) is 0 Å². The van der Waals surface area contributed by atoms with E-state index in [1.54, 1.807) is 41.1 Å². The maximum absolute atomic E-state index is 13.0. The van der Waals surface area contributed by atoms with Crippen molar-refractivity contribution in [1.82, 2.24) is 14.8 Å². The van der Waals surface area contributed by atoms with Gasteiger partial charge >= 0.3 is 0 Å². The Balaban J connectivity index is 1.89. The van der Waals surface area contributed by atoms with Gasteiger partial charge in [0.1, 0.15) is 24.5 Å². The SMILES string of the molecule is N#Cc1ccc([C@@H]([C@H](O)Cc2ccc(F)cc2)n2cncn2)cc1. The molecule has 24 heavy (non-hydrogen) atoms. The molecule has 5 nitrogen and oxygen atoms in total. The van der Waals surface area contributed by atoms with Crippen molar-refractivity contribution in [2.75, 3.05) is 0 Å². The summed E-state index contributed by atoms with van der Waals surface area (Å²) in [5.74, 6) is -0.312. The Morgan fingerprint density at radius 2 is 1.83 bits per heavy atom. The van der Waals surface area contributed by atoms with E-state index >= 15 is 0 Å². The fourth-order valence-electron chi connectivity index (χ4n) is 2.64. The molecule has 0 fully saturated rings. The molecule has 0 radical (unpaired) electrons. The van der Waals surface area contributed by atoms with Crippen LogP contribution in [0, 0.1) is 17.1 Å². The number of nitriles is 1. The monoisotopic (exact) mass is 322 g/mol. The number of halogens is 1. The number of aromatic nitrogens is 3. The summed E-state index contributed by atoms with van der Waals surface area (Å²) in [5, 5.41) is 23.8. The molecule has 2 atom stereocenters. The molecule has 0 aliphatic rings. The highest BCUT2D eigenvalue weighted by atomic mass is 19.1. The van der Waals surface area contributed by atoms with Gasteiger partial charge in [0.05, 0.1) is 17.7 Å². The van der Waals surface area contributed by atoms with E-state index in [-0.39, 0.29) is 5.82 Å². The van der Waals surface area contributed by atoms with E-state index in [1.165, 1.54) is 24.8 Å². The van der Waals surface area contributed by atoms with Gasteiger partial charge in [-0.2, -0.15) is 10.4 Å². The van der Waals surface area contributed by atoms with Crippen LogP contribution in [0.5, 0.6) is 0 Å². The smallest absolute Gasteiger partial charge is 0.137 e. The number of aliphatic hydroxyl groups excluding tert-OH is 1. The maximum Gasteiger partial charge on any atom is 0.137 e. The van der Waals surface area contributed by atoms with Crippen molar-refractivity contribution in [2.45, 2.75) is 18.6 Å². The highest BCUT2D eigenvalue weighted by molar-refractivity contribution is 5.33. The second kappa shape index (κ2) is 7.02. The molecule has 3 aromatic rings. The summed E-state index contributed by atoms with van der Waals surface area (Å²) in [5.41, 5.74) is 2.18. The van der Waals surface area contributed by atoms with Crippen LogP contribution in [-0.4, -0.2) is 26.0 Å². The summed E-state index contributed by atoms with van der Waals surface area (Å²) in [6, 6.07) is 14.6. The van der Waals surface area contributed by atoms with Crippen LogP contribution < -0.4 is 0 Å². The average molecular weight is 322 g/mol. The van der Waals surface area contributed by atoms with Crippen molar-refractivity contribution in [3.05, 3.63) is 83.7 Å². The number of aliphatic hydroxyl groups is 1. The van der Waals surface area contributed by atoms with Gasteiger partial charge in [-0.15, -0.1) is 0 Å². The first-order valence-corrected chi connectivity index (χ1v) is 7.44.